The lowest BCUT2D eigenvalue weighted by Gasteiger charge is -2.35. The number of hydrogen-bond donors (Lipinski definition) is 0. The van der Waals surface area contributed by atoms with E-state index in [-0.39, 0.29) is 5.78 Å². The van der Waals surface area contributed by atoms with Crippen molar-refractivity contribution in [2.24, 2.45) is 5.41 Å². The Morgan fingerprint density at radius 3 is 2.36 bits per heavy atom. The van der Waals surface area contributed by atoms with Gasteiger partial charge < -0.3 is 4.90 Å². The Morgan fingerprint density at radius 1 is 1.00 bits per heavy atom. The molecule has 0 N–H and O–H groups in total. The van der Waals surface area contributed by atoms with Crippen LogP contribution in [0.25, 0.3) is 6.08 Å². The van der Waals surface area contributed by atoms with Crippen molar-refractivity contribution in [1.29, 1.82) is 10.5 Å². The molecule has 0 radical (unpaired) electrons. The molecule has 2 aliphatic heterocycles. The number of carbonyl (C=O) groups excluding carboxylic acids is 1. The standard InChI is InChI=1S/C28H20BrN3O/c1-18-7-13-23-21(15-18)10-14-24-28(16-30,17-31)25(19-8-11-22(29)12-9-19)26(32(23)24)27(33)20-5-3-2-4-6-20/h2-15,24-26H,1H3. The highest BCUT2D eigenvalue weighted by Gasteiger charge is 2.63. The summed E-state index contributed by atoms with van der Waals surface area (Å²) in [7, 11) is 0. The van der Waals surface area contributed by atoms with E-state index in [0.717, 1.165) is 26.9 Å². The third kappa shape index (κ3) is 3.20. The summed E-state index contributed by atoms with van der Waals surface area (Å²) in [6, 6.07) is 26.3. The predicted molar refractivity (Wildman–Crippen MR) is 132 cm³/mol. The van der Waals surface area contributed by atoms with Gasteiger partial charge in [-0.1, -0.05) is 82.2 Å². The van der Waals surface area contributed by atoms with Gasteiger partial charge >= 0.3 is 0 Å². The van der Waals surface area contributed by atoms with Gasteiger partial charge in [0.05, 0.1) is 18.2 Å². The van der Waals surface area contributed by atoms with E-state index < -0.39 is 23.4 Å². The number of carbonyl (C=O) groups is 1. The smallest absolute Gasteiger partial charge is 0.185 e. The number of halogens is 1. The molecule has 160 valence electrons. The van der Waals surface area contributed by atoms with Crippen molar-refractivity contribution in [2.45, 2.75) is 24.9 Å². The largest absolute Gasteiger partial charge is 0.351 e. The summed E-state index contributed by atoms with van der Waals surface area (Å²) in [6.07, 6.45) is 3.89. The van der Waals surface area contributed by atoms with Gasteiger partial charge in [0.15, 0.2) is 11.2 Å². The van der Waals surface area contributed by atoms with Crippen LogP contribution in [0.15, 0.2) is 83.3 Å². The van der Waals surface area contributed by atoms with Gasteiger partial charge in [0.25, 0.3) is 0 Å². The Morgan fingerprint density at radius 2 is 1.70 bits per heavy atom. The number of hydrogen-bond acceptors (Lipinski definition) is 4. The van der Waals surface area contributed by atoms with Crippen molar-refractivity contribution in [2.75, 3.05) is 4.90 Å². The van der Waals surface area contributed by atoms with Gasteiger partial charge in [-0.2, -0.15) is 10.5 Å². The summed E-state index contributed by atoms with van der Waals surface area (Å²) in [4.78, 5) is 16.1. The zero-order chi connectivity index (χ0) is 23.2. The van der Waals surface area contributed by atoms with Crippen LogP contribution >= 0.6 is 15.9 Å². The van der Waals surface area contributed by atoms with Crippen molar-refractivity contribution >= 4 is 33.5 Å². The van der Waals surface area contributed by atoms with Crippen LogP contribution in [0.5, 0.6) is 0 Å². The van der Waals surface area contributed by atoms with Crippen LogP contribution < -0.4 is 4.90 Å². The Labute approximate surface area is 201 Å². The molecule has 4 nitrogen and oxygen atoms in total. The molecule has 0 spiro atoms. The second-order valence-electron chi connectivity index (χ2n) is 8.57. The first kappa shape index (κ1) is 21.2. The fourth-order valence-corrected chi connectivity index (χ4v) is 5.49. The monoisotopic (exact) mass is 493 g/mol. The van der Waals surface area contributed by atoms with Gasteiger partial charge in [0.1, 0.15) is 6.04 Å². The minimum atomic E-state index is -1.43. The number of aryl methyl sites for hydroxylation is 1. The van der Waals surface area contributed by atoms with E-state index in [1.807, 2.05) is 78.6 Å². The molecule has 0 aliphatic carbocycles. The molecule has 3 aromatic carbocycles. The summed E-state index contributed by atoms with van der Waals surface area (Å²) < 4.78 is 0.896. The van der Waals surface area contributed by atoms with E-state index in [1.165, 1.54) is 0 Å². The second kappa shape index (κ2) is 8.03. The summed E-state index contributed by atoms with van der Waals surface area (Å²) in [5.74, 6) is -0.724. The molecule has 0 amide bonds. The van der Waals surface area contributed by atoms with Crippen LogP contribution in [-0.4, -0.2) is 17.9 Å². The fourth-order valence-electron chi connectivity index (χ4n) is 5.23. The number of benzene rings is 3. The molecule has 5 rings (SSSR count). The van der Waals surface area contributed by atoms with Gasteiger partial charge in [-0.25, -0.2) is 0 Å². The van der Waals surface area contributed by atoms with Gasteiger partial charge in [-0.15, -0.1) is 0 Å². The number of ketones is 1. The molecule has 5 heteroatoms. The van der Waals surface area contributed by atoms with Crippen molar-refractivity contribution < 1.29 is 4.79 Å². The SMILES string of the molecule is Cc1ccc2c(c1)C=CC1N2C(C(=O)c2ccccc2)C(c2ccc(Br)cc2)C1(C#N)C#N. The highest BCUT2D eigenvalue weighted by Crippen LogP contribution is 2.55. The maximum atomic E-state index is 14.1. The quantitative estimate of drug-likeness (QED) is 0.417. The lowest BCUT2D eigenvalue weighted by molar-refractivity contribution is 0.0951. The van der Waals surface area contributed by atoms with Crippen LogP contribution in [0.4, 0.5) is 5.69 Å². The lowest BCUT2D eigenvalue weighted by Crippen LogP contribution is -2.44. The van der Waals surface area contributed by atoms with E-state index in [0.29, 0.717) is 5.56 Å². The summed E-state index contributed by atoms with van der Waals surface area (Å²) in [5, 5.41) is 20.9. The van der Waals surface area contributed by atoms with Crippen molar-refractivity contribution in [3.63, 3.8) is 0 Å². The topological polar surface area (TPSA) is 67.9 Å². The Hall–Kier alpha value is -3.67. The first-order valence-electron chi connectivity index (χ1n) is 10.7. The molecule has 3 atom stereocenters. The first-order valence-corrected chi connectivity index (χ1v) is 11.5. The normalized spacial score (nSPS) is 22.1. The predicted octanol–water partition coefficient (Wildman–Crippen LogP) is 6.04. The van der Waals surface area contributed by atoms with Crippen molar-refractivity contribution in [1.82, 2.24) is 0 Å². The van der Waals surface area contributed by atoms with Crippen LogP contribution in [0, 0.1) is 35.0 Å². The highest BCUT2D eigenvalue weighted by atomic mass is 79.9. The summed E-state index contributed by atoms with van der Waals surface area (Å²) in [6.45, 7) is 2.02. The maximum Gasteiger partial charge on any atom is 0.185 e. The molecule has 0 bridgehead atoms. The third-order valence-electron chi connectivity index (χ3n) is 6.72. The van der Waals surface area contributed by atoms with Crippen LogP contribution in [0.2, 0.25) is 0 Å². The molecule has 0 saturated carbocycles. The minimum Gasteiger partial charge on any atom is -0.351 e. The number of fused-ring (bicyclic) bond motifs is 3. The van der Waals surface area contributed by atoms with Gasteiger partial charge in [-0.05, 0) is 42.3 Å². The van der Waals surface area contributed by atoms with Crippen molar-refractivity contribution in [3.8, 4) is 12.1 Å². The zero-order valence-electron chi connectivity index (χ0n) is 17.9. The van der Waals surface area contributed by atoms with E-state index in [9.17, 15) is 15.3 Å². The zero-order valence-corrected chi connectivity index (χ0v) is 19.5. The van der Waals surface area contributed by atoms with E-state index in [4.69, 9.17) is 0 Å². The maximum absolute atomic E-state index is 14.1. The minimum absolute atomic E-state index is 0.0947. The fraction of sp³-hybridized carbons (Fsp3) is 0.179. The van der Waals surface area contributed by atoms with Gasteiger partial charge in [0, 0.05) is 21.6 Å². The summed E-state index contributed by atoms with van der Waals surface area (Å²) in [5.41, 5.74) is 2.90. The third-order valence-corrected chi connectivity index (χ3v) is 7.25. The molecular weight excluding hydrogens is 474 g/mol. The molecule has 2 aliphatic rings. The number of rotatable bonds is 3. The number of nitriles is 2. The molecule has 3 unspecified atom stereocenters. The molecule has 1 saturated heterocycles. The number of nitrogens with zero attached hydrogens (tertiary/aromatic N) is 3. The van der Waals surface area contributed by atoms with Crippen molar-refractivity contribution in [3.05, 3.63) is 106 Å². The highest BCUT2D eigenvalue weighted by molar-refractivity contribution is 9.10. The lowest BCUT2D eigenvalue weighted by atomic mass is 9.69. The average molecular weight is 494 g/mol. The van der Waals surface area contributed by atoms with E-state index in [2.05, 4.69) is 34.1 Å². The number of Topliss-reactive ketones (excluding diaryl/α,β-unsaturated/α-hetero) is 1. The van der Waals surface area contributed by atoms with Gasteiger partial charge in [0.2, 0.25) is 0 Å². The first-order chi connectivity index (χ1) is 16.0. The second-order valence-corrected chi connectivity index (χ2v) is 9.49. The van der Waals surface area contributed by atoms with Crippen LogP contribution in [-0.2, 0) is 0 Å². The number of anilines is 1. The Bertz CT molecular complexity index is 1330. The van der Waals surface area contributed by atoms with Gasteiger partial charge in [-0.3, -0.25) is 4.79 Å². The molecule has 3 aromatic rings. The Kier molecular flexibility index (Phi) is 5.16. The molecule has 33 heavy (non-hydrogen) atoms. The molecular formula is C28H20BrN3O. The molecule has 2 heterocycles. The average Bonchev–Trinajstić information content (AvgIpc) is 3.15. The van der Waals surface area contributed by atoms with E-state index in [1.54, 1.807) is 12.1 Å². The Balaban J connectivity index is 1.79. The molecule has 1 fully saturated rings. The van der Waals surface area contributed by atoms with E-state index >= 15 is 0 Å². The molecule has 0 aromatic heterocycles. The summed E-state index contributed by atoms with van der Waals surface area (Å²) >= 11 is 3.47. The van der Waals surface area contributed by atoms with Crippen LogP contribution in [0.3, 0.4) is 0 Å². The van der Waals surface area contributed by atoms with Crippen LogP contribution in [0.1, 0.15) is 33.0 Å².